The van der Waals surface area contributed by atoms with Gasteiger partial charge in [0.2, 0.25) is 0 Å². The van der Waals surface area contributed by atoms with Crippen LogP contribution in [0.25, 0.3) is 21.2 Å². The third-order valence-corrected chi connectivity index (χ3v) is 16.8. The number of thiophene rings is 1. The summed E-state index contributed by atoms with van der Waals surface area (Å²) in [6, 6.07) is 41.0. The first-order valence-electron chi connectivity index (χ1n) is 24.9. The zero-order valence-corrected chi connectivity index (χ0v) is 44.4. The lowest BCUT2D eigenvalue weighted by Gasteiger charge is -2.43. The monoisotopic (exact) mass is 902 g/mol. The highest BCUT2D eigenvalue weighted by Gasteiger charge is 2.47. The van der Waals surface area contributed by atoms with Crippen molar-refractivity contribution in [3.8, 4) is 11.1 Å². The summed E-state index contributed by atoms with van der Waals surface area (Å²) in [5.74, 6) is 1.03. The molecule has 0 spiro atoms. The Hall–Kier alpha value is -5.13. The Morgan fingerprint density at radius 1 is 0.552 bits per heavy atom. The summed E-state index contributed by atoms with van der Waals surface area (Å²) in [5.41, 5.74) is 20.8. The number of anilines is 6. The minimum atomic E-state index is -0.0777. The number of hydrogen-bond donors (Lipinski definition) is 0. The van der Waals surface area contributed by atoms with Gasteiger partial charge in [-0.15, -0.1) is 11.3 Å². The SMILES string of the molecule is Cc1cc2c3c(n1)N(c1ccc(C(C)(C)C)c(-c4ccc5c(c4)C(C)(C)CCC5(C)C)c1)c1c(sc4ccc(C(C)(C)C)cc14)B3c1cc(C(C)(C)C)ccc1N2c1ccc(C(C)(C)C)cc1. The van der Waals surface area contributed by atoms with E-state index in [-0.39, 0.29) is 39.2 Å². The molecule has 0 bridgehead atoms. The second-order valence-corrected chi connectivity index (χ2v) is 26.8. The zero-order valence-electron chi connectivity index (χ0n) is 43.6. The van der Waals surface area contributed by atoms with E-state index >= 15 is 0 Å². The van der Waals surface area contributed by atoms with Gasteiger partial charge in [-0.05, 0) is 156 Å². The summed E-state index contributed by atoms with van der Waals surface area (Å²) in [6.07, 6.45) is 2.39. The van der Waals surface area contributed by atoms with Crippen molar-refractivity contribution in [1.29, 1.82) is 0 Å². The average molecular weight is 902 g/mol. The second-order valence-electron chi connectivity index (χ2n) is 25.7. The van der Waals surface area contributed by atoms with Crippen molar-refractivity contribution >= 4 is 78.1 Å². The van der Waals surface area contributed by atoms with Crippen LogP contribution in [0.5, 0.6) is 0 Å². The molecule has 2 aliphatic heterocycles. The van der Waals surface area contributed by atoms with Gasteiger partial charge in [-0.1, -0.05) is 165 Å². The third kappa shape index (κ3) is 7.49. The molecule has 344 valence electrons. The van der Waals surface area contributed by atoms with Crippen molar-refractivity contribution in [2.24, 2.45) is 0 Å². The Bertz CT molecular complexity index is 3140. The van der Waals surface area contributed by atoms with E-state index < -0.39 is 0 Å². The molecule has 7 aromatic rings. The van der Waals surface area contributed by atoms with Crippen molar-refractivity contribution < 1.29 is 0 Å². The van der Waals surface area contributed by atoms with Crippen molar-refractivity contribution in [2.75, 3.05) is 9.80 Å². The maximum atomic E-state index is 5.71. The molecule has 3 aliphatic rings. The molecular weight excluding hydrogens is 830 g/mol. The minimum Gasteiger partial charge on any atom is -0.311 e. The highest BCUT2D eigenvalue weighted by molar-refractivity contribution is 7.33. The van der Waals surface area contributed by atoms with Crippen LogP contribution in [-0.4, -0.2) is 11.7 Å². The van der Waals surface area contributed by atoms with Gasteiger partial charge < -0.3 is 4.90 Å². The van der Waals surface area contributed by atoms with E-state index in [4.69, 9.17) is 4.98 Å². The van der Waals surface area contributed by atoms with Gasteiger partial charge in [0.05, 0.1) is 5.69 Å². The van der Waals surface area contributed by atoms with E-state index in [2.05, 4.69) is 231 Å². The topological polar surface area (TPSA) is 19.4 Å². The predicted octanol–water partition coefficient (Wildman–Crippen LogP) is 15.9. The van der Waals surface area contributed by atoms with Gasteiger partial charge >= 0.3 is 0 Å². The number of hydrogen-bond acceptors (Lipinski definition) is 4. The molecule has 0 amide bonds. The minimum absolute atomic E-state index is 0.00165. The highest BCUT2D eigenvalue weighted by atomic mass is 32.1. The second kappa shape index (κ2) is 14.9. The average Bonchev–Trinajstić information content (AvgIpc) is 3.62. The fourth-order valence-corrected chi connectivity index (χ4v) is 12.7. The maximum Gasteiger partial charge on any atom is 0.266 e. The van der Waals surface area contributed by atoms with Crippen LogP contribution in [0.3, 0.4) is 0 Å². The molecule has 2 aromatic heterocycles. The normalized spacial score (nSPS) is 16.5. The molecule has 0 atom stereocenters. The maximum absolute atomic E-state index is 5.71. The molecule has 0 N–H and O–H groups in total. The lowest BCUT2D eigenvalue weighted by molar-refractivity contribution is 0.332. The van der Waals surface area contributed by atoms with Crippen LogP contribution in [0, 0.1) is 6.92 Å². The van der Waals surface area contributed by atoms with Crippen molar-refractivity contribution in [2.45, 2.75) is 163 Å². The van der Waals surface area contributed by atoms with Crippen LogP contribution < -0.4 is 25.5 Å². The molecule has 1 aliphatic carbocycles. The van der Waals surface area contributed by atoms with E-state index in [0.717, 1.165) is 17.2 Å². The summed E-state index contributed by atoms with van der Waals surface area (Å²) in [5, 5.41) is 1.30. The molecule has 5 heteroatoms. The molecule has 3 nitrogen and oxygen atoms in total. The molecule has 0 unspecified atom stereocenters. The third-order valence-electron chi connectivity index (χ3n) is 15.6. The summed E-state index contributed by atoms with van der Waals surface area (Å²) in [6.45, 7) is 40.0. The number of nitrogens with zero attached hydrogens (tertiary/aromatic N) is 3. The van der Waals surface area contributed by atoms with Gasteiger partial charge in [0, 0.05) is 43.3 Å². The fourth-order valence-electron chi connectivity index (χ4n) is 11.4. The van der Waals surface area contributed by atoms with Crippen molar-refractivity contribution in [3.05, 3.63) is 142 Å². The van der Waals surface area contributed by atoms with E-state index in [1.807, 2.05) is 11.3 Å². The number of rotatable bonds is 3. The molecule has 10 rings (SSSR count). The molecule has 0 radical (unpaired) electrons. The Morgan fingerprint density at radius 3 is 1.79 bits per heavy atom. The van der Waals surface area contributed by atoms with E-state index in [1.54, 1.807) is 0 Å². The molecular formula is C62H72BN3S. The van der Waals surface area contributed by atoms with Crippen LogP contribution in [0.15, 0.2) is 103 Å². The predicted molar refractivity (Wildman–Crippen MR) is 294 cm³/mol. The molecule has 0 saturated carbocycles. The number of aromatic nitrogens is 1. The Labute approximate surface area is 407 Å². The first-order chi connectivity index (χ1) is 31.1. The van der Waals surface area contributed by atoms with E-state index in [0.29, 0.717) is 0 Å². The number of aryl methyl sites for hydroxylation is 1. The van der Waals surface area contributed by atoms with Crippen LogP contribution in [0.1, 0.15) is 163 Å². The standard InChI is InChI=1S/C62H72BN3S/c1-37-32-51-53-56(64-37)66(43-25-27-46(60(11,12)13)44(36-43)38-18-26-47-48(33-38)62(16,17)31-30-61(47,14)15)54-45-34-40(58(5,6)7)22-29-52(45)67-55(54)63(53)49-35-41(59(8,9)10)21-28-50(49)65(51)42-23-19-39(20-24-42)57(2,3)4/h18-29,32-36H,30-31H2,1-17H3. The smallest absolute Gasteiger partial charge is 0.266 e. The van der Waals surface area contributed by atoms with Crippen LogP contribution in [-0.2, 0) is 32.5 Å². The van der Waals surface area contributed by atoms with E-state index in [9.17, 15) is 0 Å². The Morgan fingerprint density at radius 2 is 1.15 bits per heavy atom. The first-order valence-corrected chi connectivity index (χ1v) is 25.7. The van der Waals surface area contributed by atoms with Crippen molar-refractivity contribution in [3.63, 3.8) is 0 Å². The summed E-state index contributed by atoms with van der Waals surface area (Å²) in [4.78, 5) is 10.8. The van der Waals surface area contributed by atoms with Gasteiger partial charge in [-0.3, -0.25) is 4.90 Å². The Kier molecular flexibility index (Phi) is 10.2. The van der Waals surface area contributed by atoms with E-state index in [1.165, 1.54) is 106 Å². The molecule has 5 aromatic carbocycles. The molecule has 0 saturated heterocycles. The molecule has 67 heavy (non-hydrogen) atoms. The van der Waals surface area contributed by atoms with Gasteiger partial charge in [-0.2, -0.15) is 0 Å². The first kappa shape index (κ1) is 45.6. The lowest BCUT2D eigenvalue weighted by Crippen LogP contribution is -2.61. The quantitative estimate of drug-likeness (QED) is 0.165. The highest BCUT2D eigenvalue weighted by Crippen LogP contribution is 2.51. The number of benzene rings is 5. The van der Waals surface area contributed by atoms with Gasteiger partial charge in [0.15, 0.2) is 0 Å². The van der Waals surface area contributed by atoms with Gasteiger partial charge in [-0.25, -0.2) is 4.98 Å². The lowest BCUT2D eigenvalue weighted by atomic mass is 9.36. The largest absolute Gasteiger partial charge is 0.311 e. The number of pyridine rings is 1. The Balaban J connectivity index is 1.29. The van der Waals surface area contributed by atoms with Crippen LogP contribution in [0.2, 0.25) is 0 Å². The zero-order chi connectivity index (χ0) is 48.1. The number of fused-ring (bicyclic) bond motifs is 7. The molecule has 0 fully saturated rings. The van der Waals surface area contributed by atoms with Crippen molar-refractivity contribution in [1.82, 2.24) is 4.98 Å². The summed E-state index contributed by atoms with van der Waals surface area (Å²) >= 11 is 1.97. The van der Waals surface area contributed by atoms with Crippen LogP contribution in [0.4, 0.5) is 34.3 Å². The van der Waals surface area contributed by atoms with Crippen LogP contribution >= 0.6 is 11.3 Å². The molecule has 4 heterocycles. The van der Waals surface area contributed by atoms with Gasteiger partial charge in [0.1, 0.15) is 5.82 Å². The summed E-state index contributed by atoms with van der Waals surface area (Å²) < 4.78 is 2.70. The van der Waals surface area contributed by atoms with Gasteiger partial charge in [0.25, 0.3) is 6.71 Å². The summed E-state index contributed by atoms with van der Waals surface area (Å²) in [7, 11) is 0. The fraction of sp³-hybridized carbons (Fsp3) is 0.403.